The van der Waals surface area contributed by atoms with E-state index in [9.17, 15) is 9.59 Å². The summed E-state index contributed by atoms with van der Waals surface area (Å²) in [6.45, 7) is 1.96. The van der Waals surface area contributed by atoms with Crippen molar-refractivity contribution in [2.24, 2.45) is 0 Å². The molecule has 5 heteroatoms. The minimum absolute atomic E-state index is 0.0534. The number of hydrogen-bond acceptors (Lipinski definition) is 3. The molecule has 24 heavy (non-hydrogen) atoms. The molecule has 0 bridgehead atoms. The number of hydrogen-bond donors (Lipinski definition) is 2. The predicted octanol–water partition coefficient (Wildman–Crippen LogP) is 3.72. The fourth-order valence-corrected chi connectivity index (χ4v) is 2.07. The average molecular weight is 326 g/mol. The molecule has 0 aliphatic carbocycles. The molecule has 0 aromatic heterocycles. The predicted molar refractivity (Wildman–Crippen MR) is 94.1 cm³/mol. The van der Waals surface area contributed by atoms with E-state index < -0.39 is 0 Å². The second-order valence-electron chi connectivity index (χ2n) is 5.34. The van der Waals surface area contributed by atoms with Crippen LogP contribution >= 0.6 is 0 Å². The highest BCUT2D eigenvalue weighted by Gasteiger charge is 2.09. The molecular formula is C19H22N2O3. The fraction of sp³-hybridized carbons (Fsp3) is 0.263. The Morgan fingerprint density at radius 3 is 2.42 bits per heavy atom. The van der Waals surface area contributed by atoms with Gasteiger partial charge in [-0.15, -0.1) is 0 Å². The van der Waals surface area contributed by atoms with Crippen LogP contribution in [0.25, 0.3) is 0 Å². The normalized spacial score (nSPS) is 10.0. The molecule has 2 amide bonds. The standard InChI is InChI=1S/C19H22N2O3/c1-2-3-13-18(22)20-14-19(23)21-16-11-7-8-12-17(16)24-15-9-5-4-6-10-15/h4-12H,2-3,13-14H2,1H3,(H,20,22)(H,21,23). The SMILES string of the molecule is CCCCC(=O)NCC(=O)Nc1ccccc1Oc1ccccc1. The summed E-state index contributed by atoms with van der Waals surface area (Å²) in [5.74, 6) is 0.839. The van der Waals surface area contributed by atoms with Gasteiger partial charge in [-0.3, -0.25) is 9.59 Å². The van der Waals surface area contributed by atoms with Gasteiger partial charge in [0.15, 0.2) is 5.75 Å². The topological polar surface area (TPSA) is 67.4 Å². The van der Waals surface area contributed by atoms with E-state index in [-0.39, 0.29) is 18.4 Å². The van der Waals surface area contributed by atoms with Crippen LogP contribution in [-0.2, 0) is 9.59 Å². The summed E-state index contributed by atoms with van der Waals surface area (Å²) < 4.78 is 5.79. The number of ether oxygens (including phenoxy) is 1. The summed E-state index contributed by atoms with van der Waals surface area (Å²) in [6, 6.07) is 16.5. The quantitative estimate of drug-likeness (QED) is 0.777. The van der Waals surface area contributed by atoms with E-state index in [0.29, 0.717) is 23.6 Å². The first-order valence-corrected chi connectivity index (χ1v) is 8.07. The summed E-state index contributed by atoms with van der Waals surface area (Å²) in [5, 5.41) is 5.38. The second-order valence-corrected chi connectivity index (χ2v) is 5.34. The first-order chi connectivity index (χ1) is 11.7. The Balaban J connectivity index is 1.92. The van der Waals surface area contributed by atoms with Crippen molar-refractivity contribution in [3.05, 3.63) is 54.6 Å². The molecule has 0 spiro atoms. The zero-order chi connectivity index (χ0) is 17.2. The van der Waals surface area contributed by atoms with Crippen LogP contribution in [0.4, 0.5) is 5.69 Å². The van der Waals surface area contributed by atoms with Gasteiger partial charge in [-0.05, 0) is 30.7 Å². The highest BCUT2D eigenvalue weighted by Crippen LogP contribution is 2.28. The summed E-state index contributed by atoms with van der Waals surface area (Å²) in [5.41, 5.74) is 0.564. The third kappa shape index (κ3) is 5.76. The van der Waals surface area contributed by atoms with E-state index in [1.54, 1.807) is 12.1 Å². The molecule has 0 aliphatic rings. The summed E-state index contributed by atoms with van der Waals surface area (Å²) in [4.78, 5) is 23.6. The lowest BCUT2D eigenvalue weighted by Gasteiger charge is -2.12. The third-order valence-electron chi connectivity index (χ3n) is 3.34. The maximum Gasteiger partial charge on any atom is 0.243 e. The van der Waals surface area contributed by atoms with Crippen molar-refractivity contribution in [3.8, 4) is 11.5 Å². The van der Waals surface area contributed by atoms with Gasteiger partial charge in [-0.1, -0.05) is 43.7 Å². The van der Waals surface area contributed by atoms with Crippen molar-refractivity contribution in [2.75, 3.05) is 11.9 Å². The van der Waals surface area contributed by atoms with Crippen LogP contribution in [0.1, 0.15) is 26.2 Å². The molecule has 2 aromatic rings. The number of rotatable bonds is 8. The van der Waals surface area contributed by atoms with Gasteiger partial charge in [0.1, 0.15) is 5.75 Å². The molecule has 2 N–H and O–H groups in total. The van der Waals surface area contributed by atoms with Gasteiger partial charge >= 0.3 is 0 Å². The number of amides is 2. The Labute approximate surface area is 142 Å². The number of anilines is 1. The maximum absolute atomic E-state index is 12.0. The van der Waals surface area contributed by atoms with E-state index in [0.717, 1.165) is 12.8 Å². The van der Waals surface area contributed by atoms with Crippen molar-refractivity contribution in [1.82, 2.24) is 5.32 Å². The molecule has 0 fully saturated rings. The monoisotopic (exact) mass is 326 g/mol. The summed E-state index contributed by atoms with van der Waals surface area (Å²) in [7, 11) is 0. The molecule has 0 aliphatic heterocycles. The minimum atomic E-state index is -0.288. The molecule has 2 rings (SSSR count). The number of carbonyl (C=O) groups excluding carboxylic acids is 2. The lowest BCUT2D eigenvalue weighted by Crippen LogP contribution is -2.32. The van der Waals surface area contributed by atoms with E-state index >= 15 is 0 Å². The van der Waals surface area contributed by atoms with Gasteiger partial charge in [0.25, 0.3) is 0 Å². The lowest BCUT2D eigenvalue weighted by atomic mass is 10.2. The molecule has 0 saturated carbocycles. The number of unbranched alkanes of at least 4 members (excludes halogenated alkanes) is 1. The van der Waals surface area contributed by atoms with Crippen LogP contribution in [0, 0.1) is 0 Å². The molecule has 0 atom stereocenters. The Hall–Kier alpha value is -2.82. The molecule has 126 valence electrons. The van der Waals surface area contributed by atoms with Gasteiger partial charge in [-0.25, -0.2) is 0 Å². The lowest BCUT2D eigenvalue weighted by molar-refractivity contribution is -0.124. The first kappa shape index (κ1) is 17.5. The number of benzene rings is 2. The molecule has 0 radical (unpaired) electrons. The van der Waals surface area contributed by atoms with E-state index in [2.05, 4.69) is 10.6 Å². The Morgan fingerprint density at radius 1 is 0.958 bits per heavy atom. The first-order valence-electron chi connectivity index (χ1n) is 8.07. The van der Waals surface area contributed by atoms with Crippen LogP contribution in [0.15, 0.2) is 54.6 Å². The van der Waals surface area contributed by atoms with E-state index in [1.807, 2.05) is 49.4 Å². The highest BCUT2D eigenvalue weighted by molar-refractivity contribution is 5.95. The van der Waals surface area contributed by atoms with E-state index in [4.69, 9.17) is 4.74 Å². The fourth-order valence-electron chi connectivity index (χ4n) is 2.07. The van der Waals surface area contributed by atoms with Crippen LogP contribution < -0.4 is 15.4 Å². The average Bonchev–Trinajstić information content (AvgIpc) is 2.61. The molecule has 5 nitrogen and oxygen atoms in total. The summed E-state index contributed by atoms with van der Waals surface area (Å²) in [6.07, 6.45) is 2.21. The largest absolute Gasteiger partial charge is 0.455 e. The minimum Gasteiger partial charge on any atom is -0.455 e. The van der Waals surface area contributed by atoms with Crippen LogP contribution in [0.5, 0.6) is 11.5 Å². The van der Waals surface area contributed by atoms with Gasteiger partial charge in [0.2, 0.25) is 11.8 Å². The van der Waals surface area contributed by atoms with Gasteiger partial charge < -0.3 is 15.4 Å². The molecule has 2 aromatic carbocycles. The van der Waals surface area contributed by atoms with Gasteiger partial charge in [0, 0.05) is 6.42 Å². The zero-order valence-electron chi connectivity index (χ0n) is 13.7. The van der Waals surface area contributed by atoms with Crippen molar-refractivity contribution >= 4 is 17.5 Å². The number of carbonyl (C=O) groups is 2. The Kier molecular flexibility index (Phi) is 6.83. The van der Waals surface area contributed by atoms with E-state index in [1.165, 1.54) is 0 Å². The van der Waals surface area contributed by atoms with Crippen molar-refractivity contribution in [2.45, 2.75) is 26.2 Å². The Bertz CT molecular complexity index is 671. The van der Waals surface area contributed by atoms with Gasteiger partial charge in [0.05, 0.1) is 12.2 Å². The second kappa shape index (κ2) is 9.35. The van der Waals surface area contributed by atoms with Crippen molar-refractivity contribution in [3.63, 3.8) is 0 Å². The van der Waals surface area contributed by atoms with Crippen molar-refractivity contribution < 1.29 is 14.3 Å². The maximum atomic E-state index is 12.0. The highest BCUT2D eigenvalue weighted by atomic mass is 16.5. The molecule has 0 saturated heterocycles. The summed E-state index contributed by atoms with van der Waals surface area (Å²) >= 11 is 0. The molecule has 0 unspecified atom stereocenters. The number of nitrogens with one attached hydrogen (secondary N) is 2. The smallest absolute Gasteiger partial charge is 0.243 e. The Morgan fingerprint density at radius 2 is 1.67 bits per heavy atom. The van der Waals surface area contributed by atoms with Crippen LogP contribution in [-0.4, -0.2) is 18.4 Å². The molecule has 0 heterocycles. The van der Waals surface area contributed by atoms with Crippen LogP contribution in [0.2, 0.25) is 0 Å². The van der Waals surface area contributed by atoms with Crippen LogP contribution in [0.3, 0.4) is 0 Å². The zero-order valence-corrected chi connectivity index (χ0v) is 13.7. The third-order valence-corrected chi connectivity index (χ3v) is 3.34. The molecular weight excluding hydrogens is 304 g/mol. The number of para-hydroxylation sites is 3. The van der Waals surface area contributed by atoms with Crippen molar-refractivity contribution in [1.29, 1.82) is 0 Å². The van der Waals surface area contributed by atoms with Gasteiger partial charge in [-0.2, -0.15) is 0 Å².